The van der Waals surface area contributed by atoms with Crippen LogP contribution in [0.15, 0.2) is 36.4 Å². The summed E-state index contributed by atoms with van der Waals surface area (Å²) >= 11 is 12.0. The topological polar surface area (TPSA) is 46.5 Å². The van der Waals surface area contributed by atoms with Gasteiger partial charge in [0.25, 0.3) is 0 Å². The standard InChI is InChI=1S/C14H10Cl2O3/c1-8-2-4-12(10(15)6-8)19-13-5-3-9(14(17)18)7-11(13)16/h2-7H,1H3,(H,17,18). The summed E-state index contributed by atoms with van der Waals surface area (Å²) < 4.78 is 5.57. The normalized spacial score (nSPS) is 10.3. The van der Waals surface area contributed by atoms with Crippen LogP contribution in [0.3, 0.4) is 0 Å². The molecule has 0 aromatic heterocycles. The predicted octanol–water partition coefficient (Wildman–Crippen LogP) is 4.79. The Balaban J connectivity index is 2.31. The van der Waals surface area contributed by atoms with Crippen molar-refractivity contribution in [2.75, 3.05) is 0 Å². The molecular weight excluding hydrogens is 287 g/mol. The maximum atomic E-state index is 10.8. The first-order chi connectivity index (χ1) is 8.97. The van der Waals surface area contributed by atoms with E-state index in [1.807, 2.05) is 13.0 Å². The molecule has 0 saturated carbocycles. The monoisotopic (exact) mass is 296 g/mol. The summed E-state index contributed by atoms with van der Waals surface area (Å²) in [6.45, 7) is 1.92. The molecule has 2 aromatic rings. The van der Waals surface area contributed by atoms with E-state index >= 15 is 0 Å². The molecule has 0 aliphatic rings. The molecule has 98 valence electrons. The SMILES string of the molecule is Cc1ccc(Oc2ccc(C(=O)O)cc2Cl)c(Cl)c1. The van der Waals surface area contributed by atoms with E-state index in [9.17, 15) is 4.79 Å². The van der Waals surface area contributed by atoms with E-state index < -0.39 is 5.97 Å². The van der Waals surface area contributed by atoms with Gasteiger partial charge in [-0.25, -0.2) is 4.79 Å². The van der Waals surface area contributed by atoms with Gasteiger partial charge in [-0.2, -0.15) is 0 Å². The highest BCUT2D eigenvalue weighted by atomic mass is 35.5. The van der Waals surface area contributed by atoms with E-state index in [1.165, 1.54) is 18.2 Å². The summed E-state index contributed by atoms with van der Waals surface area (Å²) in [7, 11) is 0. The van der Waals surface area contributed by atoms with E-state index in [4.69, 9.17) is 33.0 Å². The first-order valence-electron chi connectivity index (χ1n) is 5.44. The molecule has 0 atom stereocenters. The first-order valence-corrected chi connectivity index (χ1v) is 6.20. The lowest BCUT2D eigenvalue weighted by Crippen LogP contribution is -1.96. The number of hydrogen-bond donors (Lipinski definition) is 1. The van der Waals surface area contributed by atoms with Crippen molar-refractivity contribution in [3.63, 3.8) is 0 Å². The summed E-state index contributed by atoms with van der Waals surface area (Å²) in [4.78, 5) is 10.8. The summed E-state index contributed by atoms with van der Waals surface area (Å²) in [6.07, 6.45) is 0. The van der Waals surface area contributed by atoms with Crippen LogP contribution in [0.1, 0.15) is 15.9 Å². The van der Waals surface area contributed by atoms with Crippen LogP contribution in [0.2, 0.25) is 10.0 Å². The molecule has 0 fully saturated rings. The van der Waals surface area contributed by atoms with Gasteiger partial charge in [0.1, 0.15) is 11.5 Å². The van der Waals surface area contributed by atoms with Crippen LogP contribution in [0.25, 0.3) is 0 Å². The Morgan fingerprint density at radius 3 is 2.16 bits per heavy atom. The van der Waals surface area contributed by atoms with Crippen LogP contribution in [0, 0.1) is 6.92 Å². The zero-order valence-electron chi connectivity index (χ0n) is 9.98. The van der Waals surface area contributed by atoms with Gasteiger partial charge in [-0.15, -0.1) is 0 Å². The second kappa shape index (κ2) is 5.51. The van der Waals surface area contributed by atoms with Crippen LogP contribution < -0.4 is 4.74 Å². The number of aryl methyl sites for hydroxylation is 1. The van der Waals surface area contributed by atoms with Crippen molar-refractivity contribution in [3.05, 3.63) is 57.6 Å². The highest BCUT2D eigenvalue weighted by Crippen LogP contribution is 2.34. The van der Waals surface area contributed by atoms with Gasteiger partial charge in [-0.3, -0.25) is 0 Å². The minimum atomic E-state index is -1.04. The fraction of sp³-hybridized carbons (Fsp3) is 0.0714. The molecule has 5 heteroatoms. The van der Waals surface area contributed by atoms with Crippen molar-refractivity contribution in [1.82, 2.24) is 0 Å². The average Bonchev–Trinajstić information content (AvgIpc) is 2.34. The molecule has 0 amide bonds. The molecule has 19 heavy (non-hydrogen) atoms. The predicted molar refractivity (Wildman–Crippen MR) is 74.7 cm³/mol. The summed E-state index contributed by atoms with van der Waals surface area (Å²) in [5.41, 5.74) is 1.12. The lowest BCUT2D eigenvalue weighted by atomic mass is 10.2. The summed E-state index contributed by atoms with van der Waals surface area (Å²) in [6, 6.07) is 9.63. The Hall–Kier alpha value is -1.71. The molecular formula is C14H10Cl2O3. The Kier molecular flexibility index (Phi) is 3.98. The van der Waals surface area contributed by atoms with Crippen molar-refractivity contribution >= 4 is 29.2 Å². The molecule has 2 rings (SSSR count). The number of rotatable bonds is 3. The van der Waals surface area contributed by atoms with E-state index in [1.54, 1.807) is 12.1 Å². The molecule has 0 spiro atoms. The summed E-state index contributed by atoms with van der Waals surface area (Å²) in [5.74, 6) is -0.212. The molecule has 0 saturated heterocycles. The van der Waals surface area contributed by atoms with Crippen LogP contribution in [0.5, 0.6) is 11.5 Å². The average molecular weight is 297 g/mol. The maximum absolute atomic E-state index is 10.8. The van der Waals surface area contributed by atoms with Crippen molar-refractivity contribution in [3.8, 4) is 11.5 Å². The number of carboxylic acid groups (broad SMARTS) is 1. The highest BCUT2D eigenvalue weighted by molar-refractivity contribution is 6.33. The van der Waals surface area contributed by atoms with Gasteiger partial charge in [0.05, 0.1) is 15.6 Å². The minimum absolute atomic E-state index is 0.104. The molecule has 0 aliphatic heterocycles. The Morgan fingerprint density at radius 1 is 1.05 bits per heavy atom. The van der Waals surface area contributed by atoms with Crippen molar-refractivity contribution < 1.29 is 14.6 Å². The van der Waals surface area contributed by atoms with E-state index in [-0.39, 0.29) is 10.6 Å². The van der Waals surface area contributed by atoms with E-state index in [2.05, 4.69) is 0 Å². The second-order valence-electron chi connectivity index (χ2n) is 3.99. The van der Waals surface area contributed by atoms with Crippen molar-refractivity contribution in [2.24, 2.45) is 0 Å². The van der Waals surface area contributed by atoms with E-state index in [0.717, 1.165) is 5.56 Å². The molecule has 0 bridgehead atoms. The third kappa shape index (κ3) is 3.19. The quantitative estimate of drug-likeness (QED) is 0.885. The Bertz CT molecular complexity index is 639. The number of aromatic carboxylic acids is 1. The van der Waals surface area contributed by atoms with E-state index in [0.29, 0.717) is 16.5 Å². The van der Waals surface area contributed by atoms with Crippen LogP contribution >= 0.6 is 23.2 Å². The van der Waals surface area contributed by atoms with Gasteiger partial charge in [0.15, 0.2) is 0 Å². The van der Waals surface area contributed by atoms with Gasteiger partial charge in [-0.1, -0.05) is 29.3 Å². The molecule has 2 aromatic carbocycles. The van der Waals surface area contributed by atoms with Crippen LogP contribution in [-0.4, -0.2) is 11.1 Å². The number of halogens is 2. The number of carboxylic acids is 1. The number of benzene rings is 2. The van der Waals surface area contributed by atoms with Gasteiger partial charge >= 0.3 is 5.97 Å². The van der Waals surface area contributed by atoms with Crippen molar-refractivity contribution in [2.45, 2.75) is 6.92 Å². The zero-order valence-corrected chi connectivity index (χ0v) is 11.5. The zero-order chi connectivity index (χ0) is 14.0. The number of ether oxygens (including phenoxy) is 1. The Labute approximate surface area is 120 Å². The minimum Gasteiger partial charge on any atom is -0.478 e. The van der Waals surface area contributed by atoms with Gasteiger partial charge in [0, 0.05) is 0 Å². The first kappa shape index (κ1) is 13.7. The molecule has 0 heterocycles. The highest BCUT2D eigenvalue weighted by Gasteiger charge is 2.10. The van der Waals surface area contributed by atoms with Crippen LogP contribution in [0.4, 0.5) is 0 Å². The maximum Gasteiger partial charge on any atom is 0.335 e. The lowest BCUT2D eigenvalue weighted by Gasteiger charge is -2.10. The lowest BCUT2D eigenvalue weighted by molar-refractivity contribution is 0.0697. The van der Waals surface area contributed by atoms with Crippen molar-refractivity contribution in [1.29, 1.82) is 0 Å². The Morgan fingerprint density at radius 2 is 1.63 bits per heavy atom. The molecule has 1 N–H and O–H groups in total. The molecule has 0 unspecified atom stereocenters. The van der Waals surface area contributed by atoms with Gasteiger partial charge in [-0.05, 0) is 42.8 Å². The fourth-order valence-corrected chi connectivity index (χ4v) is 2.02. The number of hydrogen-bond acceptors (Lipinski definition) is 2. The van der Waals surface area contributed by atoms with Gasteiger partial charge < -0.3 is 9.84 Å². The molecule has 0 aliphatic carbocycles. The second-order valence-corrected chi connectivity index (χ2v) is 4.80. The molecule has 3 nitrogen and oxygen atoms in total. The molecule has 0 radical (unpaired) electrons. The summed E-state index contributed by atoms with van der Waals surface area (Å²) in [5, 5.41) is 9.53. The number of carbonyl (C=O) groups is 1. The third-order valence-corrected chi connectivity index (χ3v) is 3.08. The third-order valence-electron chi connectivity index (χ3n) is 2.49. The fourth-order valence-electron chi connectivity index (χ4n) is 1.52. The largest absolute Gasteiger partial charge is 0.478 e. The van der Waals surface area contributed by atoms with Crippen LogP contribution in [-0.2, 0) is 0 Å². The van der Waals surface area contributed by atoms with Gasteiger partial charge in [0.2, 0.25) is 0 Å². The smallest absolute Gasteiger partial charge is 0.335 e.